The summed E-state index contributed by atoms with van der Waals surface area (Å²) in [7, 11) is 0. The van der Waals surface area contributed by atoms with Gasteiger partial charge in [0.2, 0.25) is 5.91 Å². The maximum absolute atomic E-state index is 14.0. The molecule has 5 heteroatoms. The van der Waals surface area contributed by atoms with Crippen molar-refractivity contribution in [3.05, 3.63) is 65.6 Å². The number of fused-ring (bicyclic) bond motifs is 1. The molecule has 4 rings (SSSR count). The van der Waals surface area contributed by atoms with Crippen molar-refractivity contribution in [3.63, 3.8) is 0 Å². The van der Waals surface area contributed by atoms with Gasteiger partial charge in [-0.25, -0.2) is 4.39 Å². The Morgan fingerprint density at radius 1 is 0.963 bits per heavy atom. The van der Waals surface area contributed by atoms with Crippen LogP contribution in [0.2, 0.25) is 0 Å². The number of aryl methyl sites for hydroxylation is 1. The van der Waals surface area contributed by atoms with Gasteiger partial charge in [-0.05, 0) is 37.6 Å². The van der Waals surface area contributed by atoms with Crippen molar-refractivity contribution in [2.24, 2.45) is 0 Å². The van der Waals surface area contributed by atoms with E-state index in [9.17, 15) is 9.18 Å². The average molecular weight is 365 g/mol. The summed E-state index contributed by atoms with van der Waals surface area (Å²) in [5.41, 5.74) is 3.78. The van der Waals surface area contributed by atoms with Crippen LogP contribution < -0.4 is 4.90 Å². The number of carbonyl (C=O) groups excluding carboxylic acids is 1. The fraction of sp³-hybridized carbons (Fsp3) is 0.318. The highest BCUT2D eigenvalue weighted by Crippen LogP contribution is 2.25. The number of benzene rings is 2. The molecular weight excluding hydrogens is 341 g/mol. The standard InChI is InChI=1S/C22H24FN3O/c1-16-17(2)26(20-9-5-3-7-18(16)20)22(27)15-24-11-13-25(14-12-24)21-10-6-4-8-19(21)23/h3-10H,11-15H2,1-2H3. The number of halogens is 1. The van der Waals surface area contributed by atoms with Gasteiger partial charge in [0.25, 0.3) is 0 Å². The van der Waals surface area contributed by atoms with E-state index in [0.717, 1.165) is 48.3 Å². The predicted molar refractivity (Wildman–Crippen MR) is 107 cm³/mol. The summed E-state index contributed by atoms with van der Waals surface area (Å²) in [5, 5.41) is 1.13. The highest BCUT2D eigenvalue weighted by atomic mass is 19.1. The van der Waals surface area contributed by atoms with Gasteiger partial charge in [-0.2, -0.15) is 0 Å². The quantitative estimate of drug-likeness (QED) is 0.706. The van der Waals surface area contributed by atoms with Gasteiger partial charge in [-0.15, -0.1) is 0 Å². The smallest absolute Gasteiger partial charge is 0.245 e. The summed E-state index contributed by atoms with van der Waals surface area (Å²) in [6.45, 7) is 7.38. The maximum Gasteiger partial charge on any atom is 0.245 e. The van der Waals surface area contributed by atoms with Crippen LogP contribution in [0.25, 0.3) is 10.9 Å². The van der Waals surface area contributed by atoms with Gasteiger partial charge in [0.15, 0.2) is 0 Å². The van der Waals surface area contributed by atoms with Gasteiger partial charge in [0.05, 0.1) is 17.7 Å². The van der Waals surface area contributed by atoms with Gasteiger partial charge in [-0.3, -0.25) is 14.3 Å². The summed E-state index contributed by atoms with van der Waals surface area (Å²) >= 11 is 0. The number of piperazine rings is 1. The van der Waals surface area contributed by atoms with Crippen LogP contribution in [0, 0.1) is 19.7 Å². The van der Waals surface area contributed by atoms with Crippen molar-refractivity contribution >= 4 is 22.5 Å². The van der Waals surface area contributed by atoms with E-state index >= 15 is 0 Å². The Morgan fingerprint density at radius 2 is 1.63 bits per heavy atom. The third-order valence-electron chi connectivity index (χ3n) is 5.60. The van der Waals surface area contributed by atoms with Gasteiger partial charge >= 0.3 is 0 Å². The first kappa shape index (κ1) is 17.7. The minimum atomic E-state index is -0.188. The van der Waals surface area contributed by atoms with Crippen LogP contribution in [0.15, 0.2) is 48.5 Å². The summed E-state index contributed by atoms with van der Waals surface area (Å²) < 4.78 is 15.8. The molecule has 0 saturated carbocycles. The minimum Gasteiger partial charge on any atom is -0.367 e. The number of aromatic nitrogens is 1. The first-order chi connectivity index (χ1) is 13.1. The lowest BCUT2D eigenvalue weighted by Gasteiger charge is -2.35. The molecular formula is C22H24FN3O. The lowest BCUT2D eigenvalue weighted by molar-refractivity contribution is 0.0847. The average Bonchev–Trinajstić information content (AvgIpc) is 2.94. The Morgan fingerprint density at radius 3 is 2.37 bits per heavy atom. The molecule has 0 aliphatic carbocycles. The first-order valence-electron chi connectivity index (χ1n) is 9.38. The summed E-state index contributed by atoms with van der Waals surface area (Å²) in [5.74, 6) is -0.0944. The zero-order valence-corrected chi connectivity index (χ0v) is 15.8. The highest BCUT2D eigenvalue weighted by molar-refractivity contribution is 5.96. The number of hydrogen-bond acceptors (Lipinski definition) is 3. The lowest BCUT2D eigenvalue weighted by Crippen LogP contribution is -2.48. The molecule has 0 bridgehead atoms. The van der Waals surface area contributed by atoms with E-state index in [-0.39, 0.29) is 11.7 Å². The Bertz CT molecular complexity index is 986. The molecule has 1 aliphatic heterocycles. The van der Waals surface area contributed by atoms with Crippen molar-refractivity contribution in [2.75, 3.05) is 37.6 Å². The van der Waals surface area contributed by atoms with Gasteiger partial charge < -0.3 is 4.90 Å². The Labute approximate surface area is 158 Å². The molecule has 0 spiro atoms. The SMILES string of the molecule is Cc1c(C)n(C(=O)CN2CCN(c3ccccc3F)CC2)c2ccccc12. The van der Waals surface area contributed by atoms with Gasteiger partial charge in [0, 0.05) is 37.3 Å². The zero-order valence-electron chi connectivity index (χ0n) is 15.8. The molecule has 1 saturated heterocycles. The Hall–Kier alpha value is -2.66. The number of nitrogens with zero attached hydrogens (tertiary/aromatic N) is 3. The third kappa shape index (κ3) is 3.23. The fourth-order valence-electron chi connectivity index (χ4n) is 3.97. The van der Waals surface area contributed by atoms with Crippen LogP contribution in [0.1, 0.15) is 16.1 Å². The molecule has 1 fully saturated rings. The van der Waals surface area contributed by atoms with E-state index in [4.69, 9.17) is 0 Å². The van der Waals surface area contributed by atoms with Gasteiger partial charge in [-0.1, -0.05) is 30.3 Å². The van der Waals surface area contributed by atoms with Crippen molar-refractivity contribution in [1.82, 2.24) is 9.47 Å². The van der Waals surface area contributed by atoms with Crippen molar-refractivity contribution in [2.45, 2.75) is 13.8 Å². The molecule has 3 aromatic rings. The van der Waals surface area contributed by atoms with E-state index < -0.39 is 0 Å². The molecule has 0 amide bonds. The molecule has 27 heavy (non-hydrogen) atoms. The van der Waals surface area contributed by atoms with Crippen molar-refractivity contribution in [3.8, 4) is 0 Å². The molecule has 1 aromatic heterocycles. The van der Waals surface area contributed by atoms with Crippen LogP contribution in [-0.4, -0.2) is 48.1 Å². The summed E-state index contributed by atoms with van der Waals surface area (Å²) in [4.78, 5) is 17.2. The number of carbonyl (C=O) groups is 1. The van der Waals surface area contributed by atoms with Crippen LogP contribution in [0.5, 0.6) is 0 Å². The Balaban J connectivity index is 1.46. The number of hydrogen-bond donors (Lipinski definition) is 0. The molecule has 0 unspecified atom stereocenters. The lowest BCUT2D eigenvalue weighted by atomic mass is 10.2. The topological polar surface area (TPSA) is 28.5 Å². The molecule has 140 valence electrons. The van der Waals surface area contributed by atoms with E-state index in [0.29, 0.717) is 12.2 Å². The normalized spacial score (nSPS) is 15.4. The van der Waals surface area contributed by atoms with E-state index in [1.807, 2.05) is 41.8 Å². The molecule has 0 N–H and O–H groups in total. The molecule has 1 aliphatic rings. The molecule has 2 aromatic carbocycles. The minimum absolute atomic E-state index is 0.0936. The van der Waals surface area contributed by atoms with Crippen LogP contribution in [0.3, 0.4) is 0 Å². The first-order valence-corrected chi connectivity index (χ1v) is 9.38. The molecule has 2 heterocycles. The van der Waals surface area contributed by atoms with Crippen LogP contribution >= 0.6 is 0 Å². The number of rotatable bonds is 3. The van der Waals surface area contributed by atoms with Crippen molar-refractivity contribution in [1.29, 1.82) is 0 Å². The second kappa shape index (κ2) is 7.16. The predicted octanol–water partition coefficient (Wildman–Crippen LogP) is 3.86. The summed E-state index contributed by atoms with van der Waals surface area (Å²) in [6.07, 6.45) is 0. The van der Waals surface area contributed by atoms with E-state index in [1.165, 1.54) is 6.07 Å². The Kier molecular flexibility index (Phi) is 4.70. The monoisotopic (exact) mass is 365 g/mol. The fourth-order valence-corrected chi connectivity index (χ4v) is 3.97. The molecule has 0 atom stereocenters. The van der Waals surface area contributed by atoms with Crippen LogP contribution in [-0.2, 0) is 0 Å². The second-order valence-corrected chi connectivity index (χ2v) is 7.17. The molecule has 0 radical (unpaired) electrons. The molecule has 4 nitrogen and oxygen atoms in total. The van der Waals surface area contributed by atoms with E-state index in [2.05, 4.69) is 22.8 Å². The second-order valence-electron chi connectivity index (χ2n) is 7.17. The van der Waals surface area contributed by atoms with Gasteiger partial charge in [0.1, 0.15) is 5.82 Å². The third-order valence-corrected chi connectivity index (χ3v) is 5.60. The van der Waals surface area contributed by atoms with E-state index in [1.54, 1.807) is 6.07 Å². The number of para-hydroxylation sites is 2. The zero-order chi connectivity index (χ0) is 19.0. The maximum atomic E-state index is 14.0. The number of anilines is 1. The summed E-state index contributed by atoms with van der Waals surface area (Å²) in [6, 6.07) is 14.9. The van der Waals surface area contributed by atoms with Crippen LogP contribution in [0.4, 0.5) is 10.1 Å². The largest absolute Gasteiger partial charge is 0.367 e. The van der Waals surface area contributed by atoms with Crippen molar-refractivity contribution < 1.29 is 9.18 Å². The highest BCUT2D eigenvalue weighted by Gasteiger charge is 2.23.